The van der Waals surface area contributed by atoms with Crippen LogP contribution in [-0.4, -0.2) is 18.2 Å². The van der Waals surface area contributed by atoms with Crippen molar-refractivity contribution in [2.24, 2.45) is 0 Å². The molecular weight excluding hydrogens is 202 g/mol. The number of amides is 1. The number of benzene rings is 1. The Kier molecular flexibility index (Phi) is 2.77. The first-order chi connectivity index (χ1) is 7.65. The molecule has 16 heavy (non-hydrogen) atoms. The van der Waals surface area contributed by atoms with Crippen LogP contribution >= 0.6 is 0 Å². The molecule has 1 aliphatic rings. The predicted octanol–water partition coefficient (Wildman–Crippen LogP) is 1.42. The molecule has 1 fully saturated rings. The molecule has 84 valence electrons. The fraction of sp³-hybridized carbons (Fsp3) is 0.385. The first-order valence-electron chi connectivity index (χ1n) is 5.48. The molecule has 0 aromatic heterocycles. The van der Waals surface area contributed by atoms with Gasteiger partial charge in [0.1, 0.15) is 5.78 Å². The second kappa shape index (κ2) is 4.08. The monoisotopic (exact) mass is 217 g/mol. The third kappa shape index (κ3) is 1.98. The maximum absolute atomic E-state index is 12.0. The molecule has 0 aliphatic heterocycles. The zero-order chi connectivity index (χ0) is 11.6. The minimum absolute atomic E-state index is 0.0165. The Hall–Kier alpha value is -1.64. The Labute approximate surface area is 94.9 Å². The third-order valence-corrected chi connectivity index (χ3v) is 3.01. The van der Waals surface area contributed by atoms with Crippen molar-refractivity contribution in [2.45, 2.75) is 25.2 Å². The lowest BCUT2D eigenvalue weighted by atomic mass is 9.95. The Balaban J connectivity index is 2.09. The van der Waals surface area contributed by atoms with E-state index in [1.165, 1.54) is 6.92 Å². The fourth-order valence-corrected chi connectivity index (χ4v) is 1.90. The summed E-state index contributed by atoms with van der Waals surface area (Å²) in [5.41, 5.74) is 0.688. The van der Waals surface area contributed by atoms with E-state index in [-0.39, 0.29) is 23.7 Å². The summed E-state index contributed by atoms with van der Waals surface area (Å²) in [6, 6.07) is 9.76. The summed E-state index contributed by atoms with van der Waals surface area (Å²) in [5.74, 6) is -0.0360. The molecule has 0 atom stereocenters. The molecule has 1 amide bonds. The van der Waals surface area contributed by atoms with Crippen molar-refractivity contribution in [1.29, 1.82) is 0 Å². The zero-order valence-corrected chi connectivity index (χ0v) is 9.32. The van der Waals surface area contributed by atoms with Gasteiger partial charge in [0.05, 0.1) is 12.0 Å². The highest BCUT2D eigenvalue weighted by molar-refractivity contribution is 5.93. The summed E-state index contributed by atoms with van der Waals surface area (Å²) >= 11 is 0. The van der Waals surface area contributed by atoms with Gasteiger partial charge in [0.25, 0.3) is 0 Å². The van der Waals surface area contributed by atoms with Gasteiger partial charge in [-0.25, -0.2) is 0 Å². The van der Waals surface area contributed by atoms with Crippen LogP contribution in [0.25, 0.3) is 0 Å². The van der Waals surface area contributed by atoms with E-state index >= 15 is 0 Å². The van der Waals surface area contributed by atoms with Gasteiger partial charge in [-0.05, 0) is 25.3 Å². The van der Waals surface area contributed by atoms with Crippen molar-refractivity contribution in [1.82, 2.24) is 5.32 Å². The van der Waals surface area contributed by atoms with Crippen LogP contribution in [0.5, 0.6) is 0 Å². The predicted molar refractivity (Wildman–Crippen MR) is 61.0 cm³/mol. The van der Waals surface area contributed by atoms with Crippen LogP contribution in [0.2, 0.25) is 0 Å². The highest BCUT2D eigenvalue weighted by Crippen LogP contribution is 2.48. The van der Waals surface area contributed by atoms with E-state index < -0.39 is 0 Å². The second-order valence-electron chi connectivity index (χ2n) is 4.33. The highest BCUT2D eigenvalue weighted by atomic mass is 16.2. The minimum atomic E-state index is -0.364. The topological polar surface area (TPSA) is 46.2 Å². The van der Waals surface area contributed by atoms with E-state index in [1.807, 2.05) is 30.3 Å². The lowest BCUT2D eigenvalue weighted by molar-refractivity contribution is -0.126. The number of carbonyl (C=O) groups is 2. The Morgan fingerprint density at radius 2 is 1.88 bits per heavy atom. The molecule has 1 aromatic rings. The summed E-state index contributed by atoms with van der Waals surface area (Å²) in [6.07, 6.45) is 1.75. The van der Waals surface area contributed by atoms with Gasteiger partial charge in [0, 0.05) is 0 Å². The van der Waals surface area contributed by atoms with E-state index in [4.69, 9.17) is 0 Å². The fourth-order valence-electron chi connectivity index (χ4n) is 1.90. The average molecular weight is 217 g/mol. The summed E-state index contributed by atoms with van der Waals surface area (Å²) in [5, 5.41) is 2.69. The molecule has 1 aliphatic carbocycles. The van der Waals surface area contributed by atoms with Crippen LogP contribution in [0.15, 0.2) is 30.3 Å². The third-order valence-electron chi connectivity index (χ3n) is 3.01. The molecule has 0 spiro atoms. The number of nitrogens with one attached hydrogen (secondary N) is 1. The molecule has 0 bridgehead atoms. The molecule has 0 radical (unpaired) electrons. The summed E-state index contributed by atoms with van der Waals surface area (Å²) in [4.78, 5) is 22.8. The summed E-state index contributed by atoms with van der Waals surface area (Å²) in [7, 11) is 0. The van der Waals surface area contributed by atoms with Gasteiger partial charge in [0.15, 0.2) is 0 Å². The second-order valence-corrected chi connectivity index (χ2v) is 4.33. The van der Waals surface area contributed by atoms with Crippen LogP contribution in [0.4, 0.5) is 0 Å². The van der Waals surface area contributed by atoms with Crippen molar-refractivity contribution in [2.75, 3.05) is 6.54 Å². The van der Waals surface area contributed by atoms with Crippen LogP contribution in [0, 0.1) is 0 Å². The lowest BCUT2D eigenvalue weighted by Gasteiger charge is -2.14. The molecule has 3 heteroatoms. The van der Waals surface area contributed by atoms with Crippen LogP contribution in [0.1, 0.15) is 25.3 Å². The van der Waals surface area contributed by atoms with Crippen molar-refractivity contribution in [3.63, 3.8) is 0 Å². The van der Waals surface area contributed by atoms with Gasteiger partial charge in [-0.15, -0.1) is 0 Å². The van der Waals surface area contributed by atoms with E-state index in [1.54, 1.807) is 0 Å². The van der Waals surface area contributed by atoms with E-state index in [0.29, 0.717) is 0 Å². The number of rotatable bonds is 4. The molecule has 1 aromatic carbocycles. The average Bonchev–Trinajstić information content (AvgIpc) is 3.08. The largest absolute Gasteiger partial charge is 0.348 e. The van der Waals surface area contributed by atoms with Gasteiger partial charge in [-0.1, -0.05) is 30.3 Å². The summed E-state index contributed by atoms with van der Waals surface area (Å²) in [6.45, 7) is 1.61. The molecule has 3 nitrogen and oxygen atoms in total. The van der Waals surface area contributed by atoms with Gasteiger partial charge in [-0.2, -0.15) is 0 Å². The number of carbonyl (C=O) groups excluding carboxylic acids is 2. The standard InChI is InChI=1S/C13H15NO2/c1-10(15)9-14-12(16)13(7-8-13)11-5-3-2-4-6-11/h2-6H,7-9H2,1H3,(H,14,16). The molecule has 1 N–H and O–H groups in total. The Morgan fingerprint density at radius 1 is 1.25 bits per heavy atom. The van der Waals surface area contributed by atoms with Crippen LogP contribution in [0.3, 0.4) is 0 Å². The minimum Gasteiger partial charge on any atom is -0.348 e. The Morgan fingerprint density at radius 3 is 2.38 bits per heavy atom. The molecule has 0 unspecified atom stereocenters. The van der Waals surface area contributed by atoms with Crippen molar-refractivity contribution >= 4 is 11.7 Å². The zero-order valence-electron chi connectivity index (χ0n) is 9.32. The van der Waals surface area contributed by atoms with Gasteiger partial charge >= 0.3 is 0 Å². The van der Waals surface area contributed by atoms with E-state index in [9.17, 15) is 9.59 Å². The smallest absolute Gasteiger partial charge is 0.231 e. The molecule has 0 saturated heterocycles. The molecular formula is C13H15NO2. The highest BCUT2D eigenvalue weighted by Gasteiger charge is 2.50. The maximum Gasteiger partial charge on any atom is 0.231 e. The molecule has 2 rings (SSSR count). The number of hydrogen-bond acceptors (Lipinski definition) is 2. The Bertz CT molecular complexity index is 407. The van der Waals surface area contributed by atoms with Gasteiger partial charge in [-0.3, -0.25) is 9.59 Å². The van der Waals surface area contributed by atoms with Crippen LogP contribution < -0.4 is 5.32 Å². The normalized spacial score (nSPS) is 16.6. The number of ketones is 1. The molecule has 0 heterocycles. The van der Waals surface area contributed by atoms with Crippen molar-refractivity contribution < 1.29 is 9.59 Å². The van der Waals surface area contributed by atoms with Gasteiger partial charge in [0.2, 0.25) is 5.91 Å². The van der Waals surface area contributed by atoms with Crippen molar-refractivity contribution in [3.8, 4) is 0 Å². The lowest BCUT2D eigenvalue weighted by Crippen LogP contribution is -2.37. The number of hydrogen-bond donors (Lipinski definition) is 1. The van der Waals surface area contributed by atoms with Crippen molar-refractivity contribution in [3.05, 3.63) is 35.9 Å². The first-order valence-corrected chi connectivity index (χ1v) is 5.48. The van der Waals surface area contributed by atoms with E-state index in [2.05, 4.69) is 5.32 Å². The first kappa shape index (κ1) is 10.9. The quantitative estimate of drug-likeness (QED) is 0.829. The summed E-state index contributed by atoms with van der Waals surface area (Å²) < 4.78 is 0. The van der Waals surface area contributed by atoms with E-state index in [0.717, 1.165) is 18.4 Å². The number of Topliss-reactive ketones (excluding diaryl/α,β-unsaturated/α-hetero) is 1. The van der Waals surface area contributed by atoms with Crippen LogP contribution in [-0.2, 0) is 15.0 Å². The molecule has 1 saturated carbocycles. The SMILES string of the molecule is CC(=O)CNC(=O)C1(c2ccccc2)CC1. The van der Waals surface area contributed by atoms with Gasteiger partial charge < -0.3 is 5.32 Å². The maximum atomic E-state index is 12.0.